The van der Waals surface area contributed by atoms with Gasteiger partial charge < -0.3 is 0 Å². The molecule has 5 heteroatoms. The van der Waals surface area contributed by atoms with Gasteiger partial charge in [0, 0.05) is 0 Å². The van der Waals surface area contributed by atoms with E-state index in [4.69, 9.17) is 4.55 Å². The van der Waals surface area contributed by atoms with Crippen molar-refractivity contribution in [3.8, 4) is 0 Å². The molecule has 0 unspecified atom stereocenters. The molecule has 0 spiro atoms. The first kappa shape index (κ1) is 21.1. The van der Waals surface area contributed by atoms with Crippen LogP contribution in [0.5, 0.6) is 0 Å². The van der Waals surface area contributed by atoms with E-state index in [0.717, 1.165) is 18.4 Å². The average Bonchev–Trinajstić information content (AvgIpc) is 2.41. The van der Waals surface area contributed by atoms with Gasteiger partial charge in [-0.1, -0.05) is 64.0 Å². The van der Waals surface area contributed by atoms with Crippen molar-refractivity contribution in [1.29, 1.82) is 0 Å². The molecule has 116 valence electrons. The summed E-state index contributed by atoms with van der Waals surface area (Å²) in [5, 5.41) is 0. The minimum absolute atomic E-state index is 0. The fourth-order valence-electron chi connectivity index (χ4n) is 2.29. The van der Waals surface area contributed by atoms with E-state index >= 15 is 0 Å². The van der Waals surface area contributed by atoms with E-state index in [1.165, 1.54) is 57.1 Å². The Morgan fingerprint density at radius 1 is 0.857 bits per heavy atom. The summed E-state index contributed by atoms with van der Waals surface area (Å²) < 4.78 is 30.7. The van der Waals surface area contributed by atoms with Crippen LogP contribution in [0, 0.1) is 0 Å². The van der Waals surface area contributed by atoms with Crippen molar-refractivity contribution in [3.05, 3.63) is 29.8 Å². The molecule has 1 aromatic carbocycles. The summed E-state index contributed by atoms with van der Waals surface area (Å²) in [4.78, 5) is -0.0304. The van der Waals surface area contributed by atoms with Crippen LogP contribution in [0.3, 0.4) is 0 Å². The zero-order chi connectivity index (χ0) is 14.8. The summed E-state index contributed by atoms with van der Waals surface area (Å²) in [6, 6.07) is 6.50. The van der Waals surface area contributed by atoms with E-state index in [2.05, 4.69) is 6.92 Å². The first-order chi connectivity index (χ1) is 9.54. The SMILES string of the molecule is CCCCCCCCCCc1ccc(S(=O)(=O)O)cc1.[NaH]. The van der Waals surface area contributed by atoms with Gasteiger partial charge in [-0.2, -0.15) is 8.42 Å². The number of hydrogen-bond donors (Lipinski definition) is 1. The van der Waals surface area contributed by atoms with Crippen molar-refractivity contribution in [2.45, 2.75) is 69.6 Å². The normalized spacial score (nSPS) is 11.1. The predicted molar refractivity (Wildman–Crippen MR) is 89.7 cm³/mol. The molecule has 0 fully saturated rings. The Labute approximate surface area is 151 Å². The van der Waals surface area contributed by atoms with Crippen molar-refractivity contribution >= 4 is 39.7 Å². The summed E-state index contributed by atoms with van der Waals surface area (Å²) in [5.41, 5.74) is 1.13. The molecule has 0 aliphatic heterocycles. The van der Waals surface area contributed by atoms with E-state index in [1.807, 2.05) is 0 Å². The van der Waals surface area contributed by atoms with Gasteiger partial charge in [-0.25, -0.2) is 0 Å². The molecular weight excluding hydrogens is 295 g/mol. The Morgan fingerprint density at radius 3 is 1.81 bits per heavy atom. The van der Waals surface area contributed by atoms with Gasteiger partial charge in [-0.05, 0) is 30.5 Å². The molecule has 1 rings (SSSR count). The van der Waals surface area contributed by atoms with Crippen molar-refractivity contribution in [2.24, 2.45) is 0 Å². The molecule has 1 aromatic rings. The molecule has 0 saturated heterocycles. The molecule has 0 aliphatic rings. The van der Waals surface area contributed by atoms with Crippen LogP contribution < -0.4 is 0 Å². The van der Waals surface area contributed by atoms with Gasteiger partial charge in [0.15, 0.2) is 0 Å². The van der Waals surface area contributed by atoms with Crippen molar-refractivity contribution in [1.82, 2.24) is 0 Å². The third-order valence-corrected chi connectivity index (χ3v) is 4.41. The topological polar surface area (TPSA) is 54.4 Å². The second-order valence-corrected chi connectivity index (χ2v) is 6.77. The molecule has 21 heavy (non-hydrogen) atoms. The number of unbranched alkanes of at least 4 members (excludes halogenated alkanes) is 7. The molecule has 0 amide bonds. The van der Waals surface area contributed by atoms with Crippen LogP contribution in [0.1, 0.15) is 63.9 Å². The van der Waals surface area contributed by atoms with Crippen molar-refractivity contribution < 1.29 is 13.0 Å². The quantitative estimate of drug-likeness (QED) is 0.403. The van der Waals surface area contributed by atoms with Crippen LogP contribution in [0.15, 0.2) is 29.2 Å². The summed E-state index contributed by atoms with van der Waals surface area (Å²) in [6.45, 7) is 2.23. The average molecular weight is 322 g/mol. The van der Waals surface area contributed by atoms with E-state index in [-0.39, 0.29) is 34.5 Å². The van der Waals surface area contributed by atoms with Crippen LogP contribution >= 0.6 is 0 Å². The van der Waals surface area contributed by atoms with Crippen molar-refractivity contribution in [3.63, 3.8) is 0 Å². The Morgan fingerprint density at radius 2 is 1.33 bits per heavy atom. The fourth-order valence-corrected chi connectivity index (χ4v) is 2.77. The zero-order valence-corrected chi connectivity index (χ0v) is 13.2. The molecule has 0 bridgehead atoms. The van der Waals surface area contributed by atoms with Gasteiger partial charge in [-0.15, -0.1) is 0 Å². The molecule has 0 heterocycles. The minimum atomic E-state index is -4.06. The fraction of sp³-hybridized carbons (Fsp3) is 0.625. The predicted octanol–water partition coefficient (Wildman–Crippen LogP) is 3.97. The summed E-state index contributed by atoms with van der Waals surface area (Å²) >= 11 is 0. The number of benzene rings is 1. The Bertz CT molecular complexity index is 469. The molecule has 0 radical (unpaired) electrons. The Kier molecular flexibility index (Phi) is 11.7. The Hall–Kier alpha value is 0.130. The van der Waals surface area contributed by atoms with Gasteiger partial charge in [0.1, 0.15) is 0 Å². The monoisotopic (exact) mass is 322 g/mol. The molecule has 0 saturated carbocycles. The van der Waals surface area contributed by atoms with E-state index < -0.39 is 10.1 Å². The van der Waals surface area contributed by atoms with Gasteiger partial charge in [0.05, 0.1) is 4.90 Å². The van der Waals surface area contributed by atoms with Crippen LogP contribution in [0.25, 0.3) is 0 Å². The zero-order valence-electron chi connectivity index (χ0n) is 12.3. The first-order valence-electron chi connectivity index (χ1n) is 7.60. The molecule has 0 aliphatic carbocycles. The van der Waals surface area contributed by atoms with Crippen LogP contribution in [-0.4, -0.2) is 42.5 Å². The third-order valence-electron chi connectivity index (χ3n) is 3.54. The molecule has 3 nitrogen and oxygen atoms in total. The van der Waals surface area contributed by atoms with E-state index in [0.29, 0.717) is 0 Å². The van der Waals surface area contributed by atoms with Crippen molar-refractivity contribution in [2.75, 3.05) is 0 Å². The second kappa shape index (κ2) is 11.7. The summed E-state index contributed by atoms with van der Waals surface area (Å²) in [5.74, 6) is 0. The number of aryl methyl sites for hydroxylation is 1. The second-order valence-electron chi connectivity index (χ2n) is 5.34. The number of rotatable bonds is 10. The molecule has 0 aromatic heterocycles. The van der Waals surface area contributed by atoms with Crippen LogP contribution in [0.4, 0.5) is 0 Å². The number of hydrogen-bond acceptors (Lipinski definition) is 2. The maximum atomic E-state index is 10.9. The first-order valence-corrected chi connectivity index (χ1v) is 9.04. The standard InChI is InChI=1S/C16H26O3S.Na.H/c1-2-3-4-5-6-7-8-9-10-15-11-13-16(14-12-15)20(17,18)19;;/h11-14H,2-10H2,1H3,(H,17,18,19);;. The summed E-state index contributed by atoms with van der Waals surface area (Å²) in [7, 11) is -4.06. The van der Waals surface area contributed by atoms with Crippen LogP contribution in [-0.2, 0) is 16.5 Å². The molecule has 1 N–H and O–H groups in total. The molecular formula is C16H27NaO3S. The molecule has 0 atom stereocenters. The van der Waals surface area contributed by atoms with E-state index in [1.54, 1.807) is 12.1 Å². The van der Waals surface area contributed by atoms with Gasteiger partial charge >= 0.3 is 29.6 Å². The van der Waals surface area contributed by atoms with Gasteiger partial charge in [0.2, 0.25) is 0 Å². The van der Waals surface area contributed by atoms with Gasteiger partial charge in [-0.3, -0.25) is 4.55 Å². The van der Waals surface area contributed by atoms with Gasteiger partial charge in [0.25, 0.3) is 10.1 Å². The third kappa shape index (κ3) is 9.69. The van der Waals surface area contributed by atoms with E-state index in [9.17, 15) is 8.42 Å². The Balaban J connectivity index is 0.00000400. The van der Waals surface area contributed by atoms with Crippen LogP contribution in [0.2, 0.25) is 0 Å². The maximum absolute atomic E-state index is 10.9. The summed E-state index contributed by atoms with van der Waals surface area (Å²) in [6.07, 6.45) is 11.3.